The summed E-state index contributed by atoms with van der Waals surface area (Å²) in [5.74, 6) is 0.0533. The Bertz CT molecular complexity index is 440. The van der Waals surface area contributed by atoms with Crippen molar-refractivity contribution in [2.75, 3.05) is 26.2 Å². The summed E-state index contributed by atoms with van der Waals surface area (Å²) in [4.78, 5) is 19.1. The number of pyridine rings is 1. The largest absolute Gasteiger partial charge is 0.346 e. The summed E-state index contributed by atoms with van der Waals surface area (Å²) in [7, 11) is 0. The third-order valence-corrected chi connectivity index (χ3v) is 3.94. The maximum Gasteiger partial charge on any atom is 0.240 e. The highest BCUT2D eigenvalue weighted by Crippen LogP contribution is 2.17. The van der Waals surface area contributed by atoms with E-state index in [2.05, 4.69) is 20.5 Å². The molecule has 0 aromatic carbocycles. The molecule has 5 nitrogen and oxygen atoms in total. The number of carbonyl (C=O) groups is 1. The zero-order chi connectivity index (χ0) is 14.6. The van der Waals surface area contributed by atoms with Crippen LogP contribution in [0.5, 0.6) is 0 Å². The van der Waals surface area contributed by atoms with Crippen molar-refractivity contribution >= 4 is 5.91 Å². The molecule has 1 amide bonds. The molecule has 1 fully saturated rings. The molecule has 1 aromatic heterocycles. The summed E-state index contributed by atoms with van der Waals surface area (Å²) < 4.78 is 0. The fraction of sp³-hybridized carbons (Fsp3) is 0.600. The maximum absolute atomic E-state index is 12.5. The van der Waals surface area contributed by atoms with Crippen molar-refractivity contribution < 1.29 is 4.79 Å². The summed E-state index contributed by atoms with van der Waals surface area (Å²) in [6, 6.07) is 5.67. The Morgan fingerprint density at radius 3 is 2.70 bits per heavy atom. The summed E-state index contributed by atoms with van der Waals surface area (Å²) in [5.41, 5.74) is 0.391. The highest BCUT2D eigenvalue weighted by Gasteiger charge is 2.35. The second-order valence-corrected chi connectivity index (χ2v) is 5.75. The SMILES string of the molecule is C[C@H](NC(=O)C(C)(C)N1CCNCC1)c1ccccn1. The van der Waals surface area contributed by atoms with Crippen LogP contribution in [0.15, 0.2) is 24.4 Å². The van der Waals surface area contributed by atoms with Crippen molar-refractivity contribution in [1.82, 2.24) is 20.5 Å². The van der Waals surface area contributed by atoms with E-state index in [1.807, 2.05) is 39.0 Å². The molecule has 2 N–H and O–H groups in total. The van der Waals surface area contributed by atoms with Crippen molar-refractivity contribution in [2.24, 2.45) is 0 Å². The number of rotatable bonds is 4. The molecule has 0 bridgehead atoms. The summed E-state index contributed by atoms with van der Waals surface area (Å²) in [6.45, 7) is 9.61. The van der Waals surface area contributed by atoms with Crippen LogP contribution in [0, 0.1) is 0 Å². The third-order valence-electron chi connectivity index (χ3n) is 3.94. The van der Waals surface area contributed by atoms with Gasteiger partial charge in [-0.3, -0.25) is 14.7 Å². The molecule has 0 aliphatic carbocycles. The van der Waals surface area contributed by atoms with E-state index < -0.39 is 5.54 Å². The molecule has 110 valence electrons. The fourth-order valence-corrected chi connectivity index (χ4v) is 2.45. The zero-order valence-electron chi connectivity index (χ0n) is 12.5. The van der Waals surface area contributed by atoms with E-state index in [1.165, 1.54) is 0 Å². The topological polar surface area (TPSA) is 57.3 Å². The molecule has 2 heterocycles. The van der Waals surface area contributed by atoms with Gasteiger partial charge >= 0.3 is 0 Å². The van der Waals surface area contributed by atoms with Gasteiger partial charge in [-0.2, -0.15) is 0 Å². The first-order valence-electron chi connectivity index (χ1n) is 7.19. The van der Waals surface area contributed by atoms with Gasteiger partial charge < -0.3 is 10.6 Å². The standard InChI is InChI=1S/C15H24N4O/c1-12(13-6-4-5-7-17-13)18-14(20)15(2,3)19-10-8-16-9-11-19/h4-7,12,16H,8-11H2,1-3H3,(H,18,20)/t12-/m0/s1. The highest BCUT2D eigenvalue weighted by atomic mass is 16.2. The highest BCUT2D eigenvalue weighted by molar-refractivity contribution is 5.85. The number of nitrogens with zero attached hydrogens (tertiary/aromatic N) is 2. The first-order chi connectivity index (χ1) is 9.51. The van der Waals surface area contributed by atoms with Crippen LogP contribution in [-0.2, 0) is 4.79 Å². The summed E-state index contributed by atoms with van der Waals surface area (Å²) >= 11 is 0. The van der Waals surface area contributed by atoms with Gasteiger partial charge in [-0.15, -0.1) is 0 Å². The van der Waals surface area contributed by atoms with Gasteiger partial charge in [0, 0.05) is 32.4 Å². The van der Waals surface area contributed by atoms with E-state index in [0.29, 0.717) is 0 Å². The van der Waals surface area contributed by atoms with Crippen LogP contribution in [0.25, 0.3) is 0 Å². The van der Waals surface area contributed by atoms with Crippen molar-refractivity contribution in [3.63, 3.8) is 0 Å². The molecule has 1 saturated heterocycles. The van der Waals surface area contributed by atoms with Crippen LogP contribution in [0.3, 0.4) is 0 Å². The third kappa shape index (κ3) is 3.35. The lowest BCUT2D eigenvalue weighted by Crippen LogP contribution is -2.60. The molecular weight excluding hydrogens is 252 g/mol. The number of hydrogen-bond acceptors (Lipinski definition) is 4. The van der Waals surface area contributed by atoms with Crippen molar-refractivity contribution in [1.29, 1.82) is 0 Å². The van der Waals surface area contributed by atoms with E-state index in [-0.39, 0.29) is 11.9 Å². The van der Waals surface area contributed by atoms with E-state index >= 15 is 0 Å². The number of carbonyl (C=O) groups excluding carboxylic acids is 1. The minimum Gasteiger partial charge on any atom is -0.346 e. The summed E-state index contributed by atoms with van der Waals surface area (Å²) in [6.07, 6.45) is 1.75. The molecule has 1 aliphatic heterocycles. The van der Waals surface area contributed by atoms with Gasteiger partial charge in [-0.25, -0.2) is 0 Å². The van der Waals surface area contributed by atoms with E-state index in [1.54, 1.807) is 6.20 Å². The smallest absolute Gasteiger partial charge is 0.240 e. The van der Waals surface area contributed by atoms with Gasteiger partial charge in [0.25, 0.3) is 0 Å². The normalized spacial score (nSPS) is 18.6. The Morgan fingerprint density at radius 2 is 2.10 bits per heavy atom. The average molecular weight is 276 g/mol. The first kappa shape index (κ1) is 14.9. The van der Waals surface area contributed by atoms with Crippen LogP contribution in [-0.4, -0.2) is 47.5 Å². The molecule has 1 aromatic rings. The summed E-state index contributed by atoms with van der Waals surface area (Å²) in [5, 5.41) is 6.38. The number of piperazine rings is 1. The van der Waals surface area contributed by atoms with E-state index in [9.17, 15) is 4.79 Å². The molecular formula is C15H24N4O. The predicted molar refractivity (Wildman–Crippen MR) is 79.3 cm³/mol. The maximum atomic E-state index is 12.5. The Morgan fingerprint density at radius 1 is 1.40 bits per heavy atom. The van der Waals surface area contributed by atoms with Crippen LogP contribution in [0.2, 0.25) is 0 Å². The lowest BCUT2D eigenvalue weighted by Gasteiger charge is -2.40. The molecule has 1 aliphatic rings. The number of hydrogen-bond donors (Lipinski definition) is 2. The Hall–Kier alpha value is -1.46. The molecule has 5 heteroatoms. The van der Waals surface area contributed by atoms with Gasteiger partial charge in [0.2, 0.25) is 5.91 Å². The minimum absolute atomic E-state index is 0.0533. The monoisotopic (exact) mass is 276 g/mol. The van der Waals surface area contributed by atoms with Gasteiger partial charge in [0.1, 0.15) is 0 Å². The Kier molecular flexibility index (Phi) is 4.73. The Labute approximate surface area is 120 Å². The zero-order valence-corrected chi connectivity index (χ0v) is 12.5. The Balaban J connectivity index is 1.99. The molecule has 1 atom stereocenters. The van der Waals surface area contributed by atoms with Crippen LogP contribution in [0.4, 0.5) is 0 Å². The van der Waals surface area contributed by atoms with Crippen LogP contribution in [0.1, 0.15) is 32.5 Å². The fourth-order valence-electron chi connectivity index (χ4n) is 2.45. The number of amides is 1. The van der Waals surface area contributed by atoms with Gasteiger partial charge in [-0.05, 0) is 32.9 Å². The van der Waals surface area contributed by atoms with Crippen LogP contribution >= 0.6 is 0 Å². The second kappa shape index (κ2) is 6.33. The second-order valence-electron chi connectivity index (χ2n) is 5.75. The predicted octanol–water partition coefficient (Wildman–Crippen LogP) is 0.943. The van der Waals surface area contributed by atoms with E-state index in [0.717, 1.165) is 31.9 Å². The van der Waals surface area contributed by atoms with Gasteiger partial charge in [0.05, 0.1) is 17.3 Å². The lowest BCUT2D eigenvalue weighted by atomic mass is 9.99. The van der Waals surface area contributed by atoms with Crippen molar-refractivity contribution in [2.45, 2.75) is 32.4 Å². The first-order valence-corrected chi connectivity index (χ1v) is 7.19. The van der Waals surface area contributed by atoms with Crippen LogP contribution < -0.4 is 10.6 Å². The molecule has 0 spiro atoms. The minimum atomic E-state index is -0.495. The number of nitrogens with one attached hydrogen (secondary N) is 2. The lowest BCUT2D eigenvalue weighted by molar-refractivity contribution is -0.132. The van der Waals surface area contributed by atoms with Gasteiger partial charge in [0.15, 0.2) is 0 Å². The van der Waals surface area contributed by atoms with Gasteiger partial charge in [-0.1, -0.05) is 6.07 Å². The van der Waals surface area contributed by atoms with Crippen molar-refractivity contribution in [3.8, 4) is 0 Å². The molecule has 0 saturated carbocycles. The molecule has 0 unspecified atom stereocenters. The van der Waals surface area contributed by atoms with Crippen molar-refractivity contribution in [3.05, 3.63) is 30.1 Å². The average Bonchev–Trinajstić information content (AvgIpc) is 2.49. The number of aromatic nitrogens is 1. The quantitative estimate of drug-likeness (QED) is 0.859. The van der Waals surface area contributed by atoms with E-state index in [4.69, 9.17) is 0 Å². The molecule has 2 rings (SSSR count). The molecule has 20 heavy (non-hydrogen) atoms. The molecule has 0 radical (unpaired) electrons.